The number of hydrogen-bond donors (Lipinski definition) is 0. The molecule has 8 heavy (non-hydrogen) atoms. The van der Waals surface area contributed by atoms with E-state index in [0.29, 0.717) is 5.16 Å². The summed E-state index contributed by atoms with van der Waals surface area (Å²) in [5.41, 5.74) is 0. The second kappa shape index (κ2) is 2.66. The first-order chi connectivity index (χ1) is 3.93. The van der Waals surface area contributed by atoms with E-state index in [9.17, 15) is 0 Å². The van der Waals surface area contributed by atoms with E-state index in [4.69, 9.17) is 0 Å². The van der Waals surface area contributed by atoms with Gasteiger partial charge >= 0.3 is 0 Å². The molecule has 0 amide bonds. The predicted octanol–water partition coefficient (Wildman–Crippen LogP) is -0.0592. The van der Waals surface area contributed by atoms with Crippen molar-refractivity contribution in [3.8, 4) is 0 Å². The summed E-state index contributed by atoms with van der Waals surface area (Å²) in [6.45, 7) is 2.03. The van der Waals surface area contributed by atoms with E-state index in [2.05, 4.69) is 20.6 Å². The van der Waals surface area contributed by atoms with E-state index in [0.717, 1.165) is 5.75 Å². The van der Waals surface area contributed by atoms with Gasteiger partial charge in [-0.3, -0.25) is 10.3 Å². The van der Waals surface area contributed by atoms with Crippen LogP contribution < -0.4 is 5.10 Å². The highest BCUT2D eigenvalue weighted by atomic mass is 32.2. The first-order valence-electron chi connectivity index (χ1n) is 2.25. The van der Waals surface area contributed by atoms with Crippen LogP contribution in [-0.2, 0) is 0 Å². The summed E-state index contributed by atoms with van der Waals surface area (Å²) in [7, 11) is 0. The normalized spacial score (nSPS) is 9.62. The minimum Gasteiger partial charge on any atom is -0.325 e. The molecule has 0 aliphatic rings. The average molecular weight is 129 g/mol. The van der Waals surface area contributed by atoms with Gasteiger partial charge in [0.2, 0.25) is 0 Å². The number of rotatable bonds is 2. The topological polar surface area (TPSA) is 52.8 Å². The van der Waals surface area contributed by atoms with Gasteiger partial charge in [0.25, 0.3) is 0 Å². The minimum atomic E-state index is 0.660. The van der Waals surface area contributed by atoms with E-state index in [-0.39, 0.29) is 0 Å². The summed E-state index contributed by atoms with van der Waals surface area (Å²) in [5.74, 6) is 0.966. The Morgan fingerprint density at radius 1 is 1.75 bits per heavy atom. The van der Waals surface area contributed by atoms with Gasteiger partial charge in [-0.15, -0.1) is 11.8 Å². The summed E-state index contributed by atoms with van der Waals surface area (Å²) in [6, 6.07) is 0. The number of aromatic nitrogens is 4. The highest BCUT2D eigenvalue weighted by Crippen LogP contribution is 2.06. The van der Waals surface area contributed by atoms with Gasteiger partial charge in [0.05, 0.1) is 5.16 Å². The smallest absolute Gasteiger partial charge is 0.0660 e. The summed E-state index contributed by atoms with van der Waals surface area (Å²) < 4.78 is 0. The van der Waals surface area contributed by atoms with Gasteiger partial charge in [-0.1, -0.05) is 6.92 Å². The molecule has 0 unspecified atom stereocenters. The lowest BCUT2D eigenvalue weighted by Crippen LogP contribution is -1.77. The molecule has 1 heterocycles. The van der Waals surface area contributed by atoms with Crippen molar-refractivity contribution >= 4 is 11.8 Å². The summed E-state index contributed by atoms with van der Waals surface area (Å²) in [5, 5.41) is 14.5. The first-order valence-corrected chi connectivity index (χ1v) is 3.23. The summed E-state index contributed by atoms with van der Waals surface area (Å²) in [4.78, 5) is 0. The van der Waals surface area contributed by atoms with Crippen molar-refractivity contribution in [2.75, 3.05) is 5.75 Å². The second-order valence-corrected chi connectivity index (χ2v) is 2.33. The molecule has 5 heteroatoms. The van der Waals surface area contributed by atoms with Gasteiger partial charge in [-0.25, -0.2) is 0 Å². The van der Waals surface area contributed by atoms with Crippen LogP contribution in [-0.4, -0.2) is 21.3 Å². The van der Waals surface area contributed by atoms with Crippen molar-refractivity contribution in [3.63, 3.8) is 0 Å². The molecule has 44 valence electrons. The maximum absolute atomic E-state index is 3.60. The second-order valence-electron chi connectivity index (χ2n) is 1.09. The molecule has 0 atom stereocenters. The third-order valence-corrected chi connectivity index (χ3v) is 1.28. The Hall–Kier alpha value is -0.580. The van der Waals surface area contributed by atoms with Crippen LogP contribution in [0.2, 0.25) is 0 Å². The fourth-order valence-corrected chi connectivity index (χ4v) is 0.770. The highest BCUT2D eigenvalue weighted by molar-refractivity contribution is 7.99. The molecule has 0 N–H and O–H groups in total. The van der Waals surface area contributed by atoms with Gasteiger partial charge in [0, 0.05) is 0 Å². The lowest BCUT2D eigenvalue weighted by Gasteiger charge is -1.90. The van der Waals surface area contributed by atoms with Crippen molar-refractivity contribution in [2.45, 2.75) is 12.1 Å². The molecule has 0 aromatic carbocycles. The van der Waals surface area contributed by atoms with Crippen LogP contribution in [0.1, 0.15) is 6.92 Å². The SMILES string of the molecule is CCSc1nnn[n-]1. The lowest BCUT2D eigenvalue weighted by molar-refractivity contribution is 0.870. The predicted molar refractivity (Wildman–Crippen MR) is 29.5 cm³/mol. The Labute approximate surface area is 51.1 Å². The number of thioether (sulfide) groups is 1. The van der Waals surface area contributed by atoms with Crippen molar-refractivity contribution in [1.82, 2.24) is 20.6 Å². The zero-order valence-electron chi connectivity index (χ0n) is 4.40. The molecule has 1 aromatic rings. The average Bonchev–Trinajstić information content (AvgIpc) is 2.19. The van der Waals surface area contributed by atoms with E-state index in [1.165, 1.54) is 11.8 Å². The van der Waals surface area contributed by atoms with E-state index in [1.54, 1.807) is 0 Å². The van der Waals surface area contributed by atoms with Gasteiger partial charge in [-0.05, 0) is 5.75 Å². The zero-order chi connectivity index (χ0) is 5.82. The zero-order valence-corrected chi connectivity index (χ0v) is 5.22. The van der Waals surface area contributed by atoms with Gasteiger partial charge in [-0.2, -0.15) is 5.21 Å². The highest BCUT2D eigenvalue weighted by Gasteiger charge is 1.81. The van der Waals surface area contributed by atoms with Crippen molar-refractivity contribution in [3.05, 3.63) is 0 Å². The molecular weight excluding hydrogens is 124 g/mol. The number of hydrogen-bond acceptors (Lipinski definition) is 4. The molecule has 0 radical (unpaired) electrons. The van der Waals surface area contributed by atoms with Gasteiger partial charge < -0.3 is 5.10 Å². The van der Waals surface area contributed by atoms with Crippen LogP contribution in [0.5, 0.6) is 0 Å². The van der Waals surface area contributed by atoms with Crippen LogP contribution in [0, 0.1) is 0 Å². The number of tetrazole rings is 1. The van der Waals surface area contributed by atoms with Crippen LogP contribution in [0.4, 0.5) is 0 Å². The van der Waals surface area contributed by atoms with Gasteiger partial charge in [0.15, 0.2) is 0 Å². The molecule has 0 spiro atoms. The van der Waals surface area contributed by atoms with Crippen LogP contribution >= 0.6 is 11.8 Å². The van der Waals surface area contributed by atoms with Crippen LogP contribution in [0.15, 0.2) is 5.16 Å². The van der Waals surface area contributed by atoms with E-state index in [1.807, 2.05) is 6.92 Å². The molecular formula is C3H5N4S-. The fraction of sp³-hybridized carbons (Fsp3) is 0.667. The third kappa shape index (κ3) is 1.19. The van der Waals surface area contributed by atoms with E-state index < -0.39 is 0 Å². The summed E-state index contributed by atoms with van der Waals surface area (Å²) in [6.07, 6.45) is 0. The molecule has 1 rings (SSSR count). The molecule has 4 nitrogen and oxygen atoms in total. The largest absolute Gasteiger partial charge is 0.325 e. The Balaban J connectivity index is 2.50. The molecule has 0 saturated heterocycles. The standard InChI is InChI=1S/C3H5N4S/c1-2-8-3-4-6-7-5-3/h2H2,1H3/q-1. The minimum absolute atomic E-state index is 0.660. The number of nitrogens with zero attached hydrogens (tertiary/aromatic N) is 4. The Bertz CT molecular complexity index is 137. The van der Waals surface area contributed by atoms with Crippen LogP contribution in [0.3, 0.4) is 0 Å². The molecule has 1 aromatic heterocycles. The molecule has 0 aliphatic carbocycles. The third-order valence-electron chi connectivity index (χ3n) is 0.574. The maximum atomic E-state index is 3.60. The monoisotopic (exact) mass is 129 g/mol. The molecule has 0 saturated carbocycles. The Morgan fingerprint density at radius 2 is 2.62 bits per heavy atom. The molecule has 0 bridgehead atoms. The summed E-state index contributed by atoms with van der Waals surface area (Å²) >= 11 is 1.53. The van der Waals surface area contributed by atoms with Crippen molar-refractivity contribution < 1.29 is 0 Å². The van der Waals surface area contributed by atoms with E-state index >= 15 is 0 Å². The van der Waals surface area contributed by atoms with Crippen LogP contribution in [0.25, 0.3) is 0 Å². The quantitative estimate of drug-likeness (QED) is 0.523. The first kappa shape index (κ1) is 5.55. The molecule has 0 fully saturated rings. The van der Waals surface area contributed by atoms with Gasteiger partial charge in [0.1, 0.15) is 0 Å². The van der Waals surface area contributed by atoms with Crippen molar-refractivity contribution in [2.24, 2.45) is 0 Å². The maximum Gasteiger partial charge on any atom is 0.0660 e. The van der Waals surface area contributed by atoms with Crippen molar-refractivity contribution in [1.29, 1.82) is 0 Å². The molecule has 0 aliphatic heterocycles. The lowest BCUT2D eigenvalue weighted by atomic mass is 11.0. The Kier molecular flexibility index (Phi) is 1.85. The Morgan fingerprint density at radius 3 is 3.12 bits per heavy atom. The fourth-order valence-electron chi connectivity index (χ4n) is 0.323.